The number of alkyl halides is 1. The van der Waals surface area contributed by atoms with Crippen molar-refractivity contribution in [3.8, 4) is 0 Å². The minimum atomic E-state index is -1.85. The molecule has 0 aromatic rings. The highest BCUT2D eigenvalue weighted by Crippen LogP contribution is 2.69. The first-order chi connectivity index (χ1) is 12.6. The van der Waals surface area contributed by atoms with E-state index < -0.39 is 29.2 Å². The van der Waals surface area contributed by atoms with Gasteiger partial charge in [0.05, 0.1) is 6.10 Å². The van der Waals surface area contributed by atoms with Crippen molar-refractivity contribution in [3.05, 3.63) is 23.8 Å². The summed E-state index contributed by atoms with van der Waals surface area (Å²) in [7, 11) is 0. The Morgan fingerprint density at radius 1 is 1.33 bits per heavy atom. The average molecular weight is 376 g/mol. The Bertz CT molecular complexity index is 757. The van der Waals surface area contributed by atoms with Crippen LogP contribution < -0.4 is 0 Å². The molecule has 27 heavy (non-hydrogen) atoms. The Morgan fingerprint density at radius 3 is 2.70 bits per heavy atom. The lowest BCUT2D eigenvalue weighted by Gasteiger charge is -2.62. The largest absolute Gasteiger partial charge is 0.390 e. The third-order valence-electron chi connectivity index (χ3n) is 8.48. The van der Waals surface area contributed by atoms with Crippen molar-refractivity contribution in [3.63, 3.8) is 0 Å². The average Bonchev–Trinajstić information content (AvgIpc) is 2.86. The van der Waals surface area contributed by atoms with E-state index in [0.29, 0.717) is 12.8 Å². The Balaban J connectivity index is 1.80. The monoisotopic (exact) mass is 376 g/mol. The second-order valence-corrected chi connectivity index (χ2v) is 9.67. The number of aliphatic hydroxyl groups excluding tert-OH is 2. The summed E-state index contributed by atoms with van der Waals surface area (Å²) in [5.74, 6) is -1.00. The second-order valence-electron chi connectivity index (χ2n) is 9.67. The van der Waals surface area contributed by atoms with E-state index >= 15 is 4.39 Å². The first-order valence-electron chi connectivity index (χ1n) is 10.0. The number of fused-ring (bicyclic) bond motifs is 5. The molecule has 4 rings (SSSR count). The number of Topliss-reactive ketones (excluding diaryl/α,β-unsaturated/α-hetero) is 1. The fraction of sp³-hybridized carbons (Fsp3) is 0.727. The maximum absolute atomic E-state index is 16.8. The number of ketones is 2. The van der Waals surface area contributed by atoms with E-state index in [9.17, 15) is 19.8 Å². The van der Waals surface area contributed by atoms with E-state index in [2.05, 4.69) is 0 Å². The van der Waals surface area contributed by atoms with Crippen LogP contribution in [-0.2, 0) is 9.59 Å². The van der Waals surface area contributed by atoms with Gasteiger partial charge in [-0.2, -0.15) is 0 Å². The molecule has 8 atom stereocenters. The fourth-order valence-corrected chi connectivity index (χ4v) is 7.36. The van der Waals surface area contributed by atoms with Gasteiger partial charge in [0.2, 0.25) is 0 Å². The molecule has 5 heteroatoms. The number of allylic oxidation sites excluding steroid dienone is 4. The highest BCUT2D eigenvalue weighted by molar-refractivity contribution is 6.01. The zero-order valence-electron chi connectivity index (χ0n) is 16.2. The van der Waals surface area contributed by atoms with Crippen LogP contribution >= 0.6 is 0 Å². The van der Waals surface area contributed by atoms with E-state index in [-0.39, 0.29) is 41.7 Å². The number of halogens is 1. The van der Waals surface area contributed by atoms with Crippen molar-refractivity contribution >= 4 is 11.6 Å². The molecule has 4 aliphatic carbocycles. The van der Waals surface area contributed by atoms with Gasteiger partial charge in [-0.15, -0.1) is 0 Å². The summed E-state index contributed by atoms with van der Waals surface area (Å²) in [5.41, 5.74) is -2.59. The maximum Gasteiger partial charge on any atom is 0.178 e. The molecule has 0 aliphatic heterocycles. The van der Waals surface area contributed by atoms with Crippen LogP contribution in [-0.4, -0.2) is 40.2 Å². The van der Waals surface area contributed by atoms with Gasteiger partial charge in [0.15, 0.2) is 17.2 Å². The summed E-state index contributed by atoms with van der Waals surface area (Å²) in [6.45, 7) is 5.29. The molecule has 0 radical (unpaired) electrons. The first kappa shape index (κ1) is 19.0. The standard InChI is InChI=1S/C22H29FO4/c1-12-8-16-15-5-4-13-9-14(25)6-7-21(13,3)22(15,23)18(27)10-20(16,2)19(12)17(26)11-24/h6-7,9,12,15-16,18-19,24,27H,4-5,8,10-11H2,1-3H3/t12?,15-,16-,18?,19+,20-,21-,22-/m0/s1. The Labute approximate surface area is 159 Å². The van der Waals surface area contributed by atoms with Crippen molar-refractivity contribution in [2.24, 2.45) is 34.5 Å². The summed E-state index contributed by atoms with van der Waals surface area (Å²) in [4.78, 5) is 24.3. The molecule has 2 unspecified atom stereocenters. The van der Waals surface area contributed by atoms with Gasteiger partial charge in [0.1, 0.15) is 6.61 Å². The molecule has 0 spiro atoms. The second kappa shape index (κ2) is 5.84. The molecular formula is C22H29FO4. The number of hydrogen-bond acceptors (Lipinski definition) is 4. The third-order valence-corrected chi connectivity index (χ3v) is 8.48. The van der Waals surface area contributed by atoms with E-state index in [1.807, 2.05) is 13.8 Å². The van der Waals surface area contributed by atoms with Crippen molar-refractivity contribution in [1.29, 1.82) is 0 Å². The van der Waals surface area contributed by atoms with Crippen LogP contribution in [0.25, 0.3) is 0 Å². The van der Waals surface area contributed by atoms with Crippen LogP contribution in [0.4, 0.5) is 4.39 Å². The lowest BCUT2D eigenvalue weighted by molar-refractivity contribution is -0.195. The van der Waals surface area contributed by atoms with E-state index in [1.54, 1.807) is 13.0 Å². The van der Waals surface area contributed by atoms with Gasteiger partial charge >= 0.3 is 0 Å². The molecule has 0 aromatic carbocycles. The third kappa shape index (κ3) is 2.21. The van der Waals surface area contributed by atoms with E-state index in [1.165, 1.54) is 12.2 Å². The fourth-order valence-electron chi connectivity index (χ4n) is 7.36. The SMILES string of the molecule is CC1C[C@H]2[C@@H]3CCC4=CC(=O)C=C[C@]4(C)[C@@]3(F)C(O)C[C@]2(C)[C@H]1C(=O)CO. The normalized spacial score (nSPS) is 51.3. The minimum absolute atomic E-state index is 0.0224. The van der Waals surface area contributed by atoms with Crippen LogP contribution in [0.5, 0.6) is 0 Å². The van der Waals surface area contributed by atoms with Crippen molar-refractivity contribution in [2.75, 3.05) is 6.61 Å². The first-order valence-corrected chi connectivity index (χ1v) is 10.0. The number of carbonyl (C=O) groups is 2. The summed E-state index contributed by atoms with van der Waals surface area (Å²) < 4.78 is 16.8. The van der Waals surface area contributed by atoms with Crippen molar-refractivity contribution in [1.82, 2.24) is 0 Å². The van der Waals surface area contributed by atoms with E-state index in [0.717, 1.165) is 12.0 Å². The topological polar surface area (TPSA) is 74.6 Å². The van der Waals surface area contributed by atoms with Gasteiger partial charge in [-0.05, 0) is 62.0 Å². The predicted octanol–water partition coefficient (Wildman–Crippen LogP) is 2.78. The summed E-state index contributed by atoms with van der Waals surface area (Å²) in [6.07, 6.45) is 5.53. The van der Waals surface area contributed by atoms with Crippen molar-refractivity contribution in [2.45, 2.75) is 58.2 Å². The summed E-state index contributed by atoms with van der Waals surface area (Å²) in [6, 6.07) is 0. The Kier molecular flexibility index (Phi) is 4.11. The molecule has 0 aromatic heterocycles. The Morgan fingerprint density at radius 2 is 2.04 bits per heavy atom. The quantitative estimate of drug-likeness (QED) is 0.777. The van der Waals surface area contributed by atoms with Gasteiger partial charge in [0.25, 0.3) is 0 Å². The molecule has 148 valence electrons. The number of carbonyl (C=O) groups excluding carboxylic acids is 2. The van der Waals surface area contributed by atoms with Gasteiger partial charge in [-0.1, -0.05) is 25.5 Å². The van der Waals surface area contributed by atoms with Gasteiger partial charge in [-0.25, -0.2) is 4.39 Å². The smallest absolute Gasteiger partial charge is 0.178 e. The van der Waals surface area contributed by atoms with Crippen molar-refractivity contribution < 1.29 is 24.2 Å². The van der Waals surface area contributed by atoms with Crippen LogP contribution in [0.1, 0.15) is 46.5 Å². The summed E-state index contributed by atoms with van der Waals surface area (Å²) in [5, 5.41) is 20.6. The molecule has 4 aliphatic rings. The zero-order valence-corrected chi connectivity index (χ0v) is 16.2. The van der Waals surface area contributed by atoms with Crippen LogP contribution in [0.2, 0.25) is 0 Å². The van der Waals surface area contributed by atoms with Gasteiger partial charge in [-0.3, -0.25) is 9.59 Å². The lowest BCUT2D eigenvalue weighted by Crippen LogP contribution is -2.66. The maximum atomic E-state index is 16.8. The molecule has 3 saturated carbocycles. The number of rotatable bonds is 2. The van der Waals surface area contributed by atoms with Crippen LogP contribution in [0.15, 0.2) is 23.8 Å². The molecule has 0 saturated heterocycles. The molecule has 2 N–H and O–H groups in total. The highest BCUT2D eigenvalue weighted by atomic mass is 19.1. The van der Waals surface area contributed by atoms with Gasteiger partial charge < -0.3 is 10.2 Å². The van der Waals surface area contributed by atoms with Gasteiger partial charge in [0, 0.05) is 17.3 Å². The molecule has 4 nitrogen and oxygen atoms in total. The zero-order chi connectivity index (χ0) is 19.8. The van der Waals surface area contributed by atoms with E-state index in [4.69, 9.17) is 0 Å². The molecule has 0 bridgehead atoms. The summed E-state index contributed by atoms with van der Waals surface area (Å²) >= 11 is 0. The van der Waals surface area contributed by atoms with Crippen LogP contribution in [0, 0.1) is 34.5 Å². The lowest BCUT2D eigenvalue weighted by atomic mass is 9.45. The van der Waals surface area contributed by atoms with Crippen LogP contribution in [0.3, 0.4) is 0 Å². The molecule has 3 fully saturated rings. The predicted molar refractivity (Wildman–Crippen MR) is 98.5 cm³/mol. The molecule has 0 amide bonds. The minimum Gasteiger partial charge on any atom is -0.390 e. The molecule has 0 heterocycles. The highest BCUT2D eigenvalue weighted by Gasteiger charge is 2.71. The number of aliphatic hydroxyl groups is 2. The molecular weight excluding hydrogens is 347 g/mol. The number of hydrogen-bond donors (Lipinski definition) is 2. The Hall–Kier alpha value is -1.33.